The van der Waals surface area contributed by atoms with E-state index in [1.165, 1.54) is 24.5 Å². The normalized spacial score (nSPS) is 11.3. The molecule has 9 heteroatoms. The number of benzene rings is 1. The van der Waals surface area contributed by atoms with Gasteiger partial charge in [0.15, 0.2) is 5.82 Å². The molecule has 0 saturated heterocycles. The van der Waals surface area contributed by atoms with E-state index in [0.717, 1.165) is 17.0 Å². The number of nitrogens with zero attached hydrogens (tertiary/aromatic N) is 3. The Morgan fingerprint density at radius 2 is 2.00 bits per heavy atom. The molecule has 1 aromatic carbocycles. The number of hydrogen-bond acceptors (Lipinski definition) is 3. The lowest BCUT2D eigenvalue weighted by molar-refractivity contribution is -0.137. The maximum Gasteiger partial charge on any atom is 0.416 e. The molecule has 0 aliphatic rings. The standard InChI is InChI=1S/C13H10BrF3N4O/c14-10-5-20-11(6-19-10)21(12(18)22)7-8-2-1-3-9(4-8)13(15,16)17/h1-6H,7H2,(H2,18,22). The molecular weight excluding hydrogens is 365 g/mol. The topological polar surface area (TPSA) is 72.1 Å². The van der Waals surface area contributed by atoms with E-state index in [1.807, 2.05) is 0 Å². The zero-order valence-corrected chi connectivity index (χ0v) is 12.6. The van der Waals surface area contributed by atoms with Gasteiger partial charge in [0, 0.05) is 0 Å². The molecule has 22 heavy (non-hydrogen) atoms. The van der Waals surface area contributed by atoms with Crippen molar-refractivity contribution in [2.45, 2.75) is 12.7 Å². The molecule has 116 valence electrons. The van der Waals surface area contributed by atoms with Gasteiger partial charge in [0.2, 0.25) is 0 Å². The van der Waals surface area contributed by atoms with Crippen LogP contribution in [0.15, 0.2) is 41.3 Å². The van der Waals surface area contributed by atoms with Gasteiger partial charge in [-0.05, 0) is 33.6 Å². The number of carbonyl (C=O) groups is 1. The molecule has 0 fully saturated rings. The van der Waals surface area contributed by atoms with E-state index < -0.39 is 17.8 Å². The number of carbonyl (C=O) groups excluding carboxylic acids is 1. The molecule has 5 nitrogen and oxygen atoms in total. The van der Waals surface area contributed by atoms with Gasteiger partial charge in [-0.25, -0.2) is 14.8 Å². The molecule has 0 spiro atoms. The number of nitrogens with two attached hydrogens (primary N) is 1. The largest absolute Gasteiger partial charge is 0.416 e. The van der Waals surface area contributed by atoms with E-state index in [2.05, 4.69) is 25.9 Å². The van der Waals surface area contributed by atoms with Crippen LogP contribution in [0.5, 0.6) is 0 Å². The predicted octanol–water partition coefficient (Wildman–Crippen LogP) is 3.34. The predicted molar refractivity (Wildman–Crippen MR) is 76.9 cm³/mol. The molecule has 2 amide bonds. The summed E-state index contributed by atoms with van der Waals surface area (Å²) in [7, 11) is 0. The van der Waals surface area contributed by atoms with E-state index in [4.69, 9.17) is 5.73 Å². The number of aromatic nitrogens is 2. The monoisotopic (exact) mass is 374 g/mol. The maximum atomic E-state index is 12.7. The van der Waals surface area contributed by atoms with Crippen LogP contribution in [0.3, 0.4) is 0 Å². The highest BCUT2D eigenvalue weighted by Crippen LogP contribution is 2.30. The molecule has 0 unspecified atom stereocenters. The van der Waals surface area contributed by atoms with Crippen molar-refractivity contribution in [2.75, 3.05) is 4.90 Å². The summed E-state index contributed by atoms with van der Waals surface area (Å²) in [6.45, 7) is -0.143. The molecule has 2 N–H and O–H groups in total. The van der Waals surface area contributed by atoms with Crippen LogP contribution in [0.1, 0.15) is 11.1 Å². The minimum atomic E-state index is -4.45. The first-order valence-corrected chi connectivity index (χ1v) is 6.77. The first-order chi connectivity index (χ1) is 10.3. The van der Waals surface area contributed by atoms with Gasteiger partial charge in [-0.1, -0.05) is 12.1 Å². The lowest BCUT2D eigenvalue weighted by Gasteiger charge is -2.19. The van der Waals surface area contributed by atoms with Crippen molar-refractivity contribution >= 4 is 27.8 Å². The van der Waals surface area contributed by atoms with Gasteiger partial charge in [0.05, 0.1) is 24.5 Å². The average Bonchev–Trinajstić information content (AvgIpc) is 2.45. The molecule has 2 aromatic rings. The van der Waals surface area contributed by atoms with E-state index in [1.54, 1.807) is 0 Å². The van der Waals surface area contributed by atoms with E-state index >= 15 is 0 Å². The Morgan fingerprint density at radius 1 is 1.27 bits per heavy atom. The minimum absolute atomic E-state index is 0.143. The third-order valence-corrected chi connectivity index (χ3v) is 3.15. The average molecular weight is 375 g/mol. The zero-order chi connectivity index (χ0) is 16.3. The summed E-state index contributed by atoms with van der Waals surface area (Å²) in [4.78, 5) is 20.4. The second kappa shape index (κ2) is 6.30. The van der Waals surface area contributed by atoms with Crippen LogP contribution in [-0.2, 0) is 12.7 Å². The number of anilines is 1. The van der Waals surface area contributed by atoms with Crippen LogP contribution < -0.4 is 10.6 Å². The molecule has 1 aromatic heterocycles. The number of rotatable bonds is 3. The zero-order valence-electron chi connectivity index (χ0n) is 11.0. The summed E-state index contributed by atoms with van der Waals surface area (Å²) < 4.78 is 38.6. The van der Waals surface area contributed by atoms with Crippen molar-refractivity contribution < 1.29 is 18.0 Å². The Kier molecular flexibility index (Phi) is 4.65. The molecule has 1 heterocycles. The Balaban J connectivity index is 2.29. The Hall–Kier alpha value is -2.16. The van der Waals surface area contributed by atoms with Crippen LogP contribution >= 0.6 is 15.9 Å². The second-order valence-corrected chi connectivity index (χ2v) is 5.13. The van der Waals surface area contributed by atoms with Gasteiger partial charge in [-0.3, -0.25) is 4.90 Å². The molecule has 0 atom stereocenters. The number of alkyl halides is 3. The Bertz CT molecular complexity index is 676. The molecule has 0 aliphatic heterocycles. The molecule has 2 rings (SSSR count). The van der Waals surface area contributed by atoms with Crippen LogP contribution in [0.2, 0.25) is 0 Å². The molecule has 0 saturated carbocycles. The number of urea groups is 1. The summed E-state index contributed by atoms with van der Waals surface area (Å²) in [5.74, 6) is 0.146. The van der Waals surface area contributed by atoms with Crippen molar-refractivity contribution in [3.63, 3.8) is 0 Å². The van der Waals surface area contributed by atoms with Crippen LogP contribution in [-0.4, -0.2) is 16.0 Å². The van der Waals surface area contributed by atoms with Crippen molar-refractivity contribution in [1.82, 2.24) is 9.97 Å². The summed E-state index contributed by atoms with van der Waals surface area (Å²) in [6, 6.07) is 3.82. The lowest BCUT2D eigenvalue weighted by atomic mass is 10.1. The summed E-state index contributed by atoms with van der Waals surface area (Å²) >= 11 is 3.10. The molecule has 0 radical (unpaired) electrons. The first kappa shape index (κ1) is 16.2. The van der Waals surface area contributed by atoms with Crippen LogP contribution in [0.25, 0.3) is 0 Å². The van der Waals surface area contributed by atoms with Gasteiger partial charge < -0.3 is 5.73 Å². The quantitative estimate of drug-likeness (QED) is 0.895. The van der Waals surface area contributed by atoms with E-state index in [-0.39, 0.29) is 17.9 Å². The SMILES string of the molecule is NC(=O)N(Cc1cccc(C(F)(F)F)c1)c1cnc(Br)cn1. The summed E-state index contributed by atoms with van der Waals surface area (Å²) in [5, 5.41) is 0. The second-order valence-electron chi connectivity index (χ2n) is 4.32. The van der Waals surface area contributed by atoms with Crippen LogP contribution in [0, 0.1) is 0 Å². The van der Waals surface area contributed by atoms with Gasteiger partial charge in [-0.2, -0.15) is 13.2 Å². The fraction of sp³-hybridized carbons (Fsp3) is 0.154. The number of amides is 2. The lowest BCUT2D eigenvalue weighted by Crippen LogP contribution is -2.36. The maximum absolute atomic E-state index is 12.7. The molecule has 0 bridgehead atoms. The van der Waals surface area contributed by atoms with Gasteiger partial charge in [-0.15, -0.1) is 0 Å². The van der Waals surface area contributed by atoms with E-state index in [9.17, 15) is 18.0 Å². The third-order valence-electron chi connectivity index (χ3n) is 2.74. The number of halogens is 4. The highest BCUT2D eigenvalue weighted by Gasteiger charge is 2.30. The van der Waals surface area contributed by atoms with Crippen molar-refractivity contribution in [3.05, 3.63) is 52.4 Å². The first-order valence-electron chi connectivity index (χ1n) is 5.98. The smallest absolute Gasteiger partial charge is 0.351 e. The molecule has 0 aliphatic carbocycles. The fourth-order valence-corrected chi connectivity index (χ4v) is 1.95. The van der Waals surface area contributed by atoms with Crippen molar-refractivity contribution in [1.29, 1.82) is 0 Å². The van der Waals surface area contributed by atoms with Gasteiger partial charge >= 0.3 is 12.2 Å². The Labute approximate surface area is 132 Å². The third kappa shape index (κ3) is 3.94. The van der Waals surface area contributed by atoms with Crippen molar-refractivity contribution in [2.24, 2.45) is 5.73 Å². The summed E-state index contributed by atoms with van der Waals surface area (Å²) in [5.41, 5.74) is 4.74. The minimum Gasteiger partial charge on any atom is -0.351 e. The van der Waals surface area contributed by atoms with Crippen molar-refractivity contribution in [3.8, 4) is 0 Å². The highest BCUT2D eigenvalue weighted by atomic mass is 79.9. The molecular formula is C13H10BrF3N4O. The Morgan fingerprint density at radius 3 is 2.55 bits per heavy atom. The fourth-order valence-electron chi connectivity index (χ4n) is 1.75. The highest BCUT2D eigenvalue weighted by molar-refractivity contribution is 9.10. The van der Waals surface area contributed by atoms with Gasteiger partial charge in [0.1, 0.15) is 4.60 Å². The van der Waals surface area contributed by atoms with E-state index in [0.29, 0.717) is 4.60 Å². The van der Waals surface area contributed by atoms with Crippen LogP contribution in [0.4, 0.5) is 23.8 Å². The summed E-state index contributed by atoms with van der Waals surface area (Å²) in [6.07, 6.45) is -1.80. The number of primary amides is 1. The van der Waals surface area contributed by atoms with Gasteiger partial charge in [0.25, 0.3) is 0 Å². The number of hydrogen-bond donors (Lipinski definition) is 1.